The highest BCUT2D eigenvalue weighted by Gasteiger charge is 2.11. The van der Waals surface area contributed by atoms with Crippen LogP contribution in [-0.2, 0) is 11.3 Å². The molecule has 2 aromatic rings. The van der Waals surface area contributed by atoms with Gasteiger partial charge in [-0.1, -0.05) is 23.7 Å². The molecule has 23 heavy (non-hydrogen) atoms. The maximum atomic E-state index is 11.8. The van der Waals surface area contributed by atoms with Crippen molar-refractivity contribution in [3.63, 3.8) is 0 Å². The molecule has 2 rings (SSSR count). The van der Waals surface area contributed by atoms with Gasteiger partial charge in [0.1, 0.15) is 5.76 Å². The Morgan fingerprint density at radius 1 is 1.22 bits per heavy atom. The SMILES string of the molecule is CC(NC(=O)NCC(=O)NCc1ccco1)c1cccc(Cl)c1. The zero-order chi connectivity index (χ0) is 16.7. The van der Waals surface area contributed by atoms with E-state index in [1.165, 1.54) is 6.26 Å². The van der Waals surface area contributed by atoms with E-state index in [0.717, 1.165) is 5.56 Å². The monoisotopic (exact) mass is 335 g/mol. The van der Waals surface area contributed by atoms with Gasteiger partial charge in [0.05, 0.1) is 25.4 Å². The molecule has 0 radical (unpaired) electrons. The maximum Gasteiger partial charge on any atom is 0.315 e. The van der Waals surface area contributed by atoms with Crippen molar-refractivity contribution in [3.05, 3.63) is 59.0 Å². The van der Waals surface area contributed by atoms with Crippen LogP contribution in [0.25, 0.3) is 0 Å². The highest BCUT2D eigenvalue weighted by atomic mass is 35.5. The van der Waals surface area contributed by atoms with Crippen LogP contribution >= 0.6 is 11.6 Å². The lowest BCUT2D eigenvalue weighted by atomic mass is 10.1. The average Bonchev–Trinajstić information content (AvgIpc) is 3.04. The summed E-state index contributed by atoms with van der Waals surface area (Å²) in [6, 6.07) is 10.1. The normalized spacial score (nSPS) is 11.6. The first-order chi connectivity index (χ1) is 11.0. The zero-order valence-corrected chi connectivity index (χ0v) is 13.4. The second kappa shape index (κ2) is 8.24. The van der Waals surface area contributed by atoms with E-state index < -0.39 is 6.03 Å². The van der Waals surface area contributed by atoms with Crippen molar-refractivity contribution >= 4 is 23.5 Å². The van der Waals surface area contributed by atoms with Crippen molar-refractivity contribution in [1.82, 2.24) is 16.0 Å². The number of urea groups is 1. The third-order valence-electron chi connectivity index (χ3n) is 3.15. The highest BCUT2D eigenvalue weighted by molar-refractivity contribution is 6.30. The fraction of sp³-hybridized carbons (Fsp3) is 0.250. The number of rotatable bonds is 6. The highest BCUT2D eigenvalue weighted by Crippen LogP contribution is 2.16. The summed E-state index contributed by atoms with van der Waals surface area (Å²) in [5.74, 6) is 0.351. The van der Waals surface area contributed by atoms with Gasteiger partial charge in [0, 0.05) is 5.02 Å². The zero-order valence-electron chi connectivity index (χ0n) is 12.6. The topological polar surface area (TPSA) is 83.4 Å². The second-order valence-corrected chi connectivity index (χ2v) is 5.40. The minimum absolute atomic E-state index is 0.116. The van der Waals surface area contributed by atoms with Crippen molar-refractivity contribution < 1.29 is 14.0 Å². The van der Waals surface area contributed by atoms with Crippen LogP contribution in [0.15, 0.2) is 47.1 Å². The number of halogens is 1. The van der Waals surface area contributed by atoms with Crippen molar-refractivity contribution in [1.29, 1.82) is 0 Å². The first kappa shape index (κ1) is 16.9. The summed E-state index contributed by atoms with van der Waals surface area (Å²) < 4.78 is 5.10. The molecule has 1 unspecified atom stereocenters. The maximum absolute atomic E-state index is 11.8. The Morgan fingerprint density at radius 2 is 2.04 bits per heavy atom. The van der Waals surface area contributed by atoms with Gasteiger partial charge in [-0.3, -0.25) is 4.79 Å². The van der Waals surface area contributed by atoms with Gasteiger partial charge >= 0.3 is 6.03 Å². The molecule has 1 heterocycles. The van der Waals surface area contributed by atoms with Gasteiger partial charge in [-0.05, 0) is 36.8 Å². The van der Waals surface area contributed by atoms with E-state index >= 15 is 0 Å². The minimum atomic E-state index is -0.425. The molecule has 0 spiro atoms. The third kappa shape index (κ3) is 5.67. The van der Waals surface area contributed by atoms with Gasteiger partial charge in [0.2, 0.25) is 5.91 Å². The summed E-state index contributed by atoms with van der Waals surface area (Å²) in [7, 11) is 0. The number of nitrogens with one attached hydrogen (secondary N) is 3. The molecule has 0 aliphatic rings. The number of furan rings is 1. The Hall–Kier alpha value is -2.47. The standard InChI is InChI=1S/C16H18ClN3O3/c1-11(12-4-2-5-13(17)8-12)20-16(22)19-10-15(21)18-9-14-6-3-7-23-14/h2-8,11H,9-10H2,1H3,(H,18,21)(H2,19,20,22). The van der Waals surface area contributed by atoms with Crippen molar-refractivity contribution in [2.24, 2.45) is 0 Å². The Balaban J connectivity index is 1.71. The van der Waals surface area contributed by atoms with Gasteiger partial charge in [-0.25, -0.2) is 4.79 Å². The predicted octanol–water partition coefficient (Wildman–Crippen LogP) is 2.61. The quantitative estimate of drug-likeness (QED) is 0.758. The first-order valence-electron chi connectivity index (χ1n) is 7.13. The summed E-state index contributed by atoms with van der Waals surface area (Å²) >= 11 is 5.92. The molecule has 7 heteroatoms. The molecule has 122 valence electrons. The van der Waals surface area contributed by atoms with Gasteiger partial charge in [0.15, 0.2) is 0 Å². The number of hydrogen-bond acceptors (Lipinski definition) is 3. The molecule has 0 aliphatic heterocycles. The molecule has 0 saturated heterocycles. The van der Waals surface area contributed by atoms with E-state index in [0.29, 0.717) is 10.8 Å². The van der Waals surface area contributed by atoms with Crippen LogP contribution in [0, 0.1) is 0 Å². The van der Waals surface area contributed by atoms with Gasteiger partial charge in [-0.15, -0.1) is 0 Å². The fourth-order valence-corrected chi connectivity index (χ4v) is 2.13. The van der Waals surface area contributed by atoms with Crippen LogP contribution in [0.3, 0.4) is 0 Å². The number of carbonyl (C=O) groups is 2. The molecule has 1 aromatic heterocycles. The second-order valence-electron chi connectivity index (χ2n) is 4.96. The van der Waals surface area contributed by atoms with Gasteiger partial charge in [0.25, 0.3) is 0 Å². The summed E-state index contributed by atoms with van der Waals surface area (Å²) in [6.45, 7) is 2.01. The lowest BCUT2D eigenvalue weighted by molar-refractivity contribution is -0.120. The Kier molecular flexibility index (Phi) is 6.05. The van der Waals surface area contributed by atoms with Gasteiger partial charge in [-0.2, -0.15) is 0 Å². The van der Waals surface area contributed by atoms with E-state index in [9.17, 15) is 9.59 Å². The van der Waals surface area contributed by atoms with E-state index in [1.54, 1.807) is 24.3 Å². The molecule has 0 saturated carbocycles. The van der Waals surface area contributed by atoms with Crippen LogP contribution in [0.2, 0.25) is 5.02 Å². The summed E-state index contributed by atoms with van der Waals surface area (Å²) in [5.41, 5.74) is 0.884. The largest absolute Gasteiger partial charge is 0.467 e. The Bertz CT molecular complexity index is 658. The third-order valence-corrected chi connectivity index (χ3v) is 3.38. The molecule has 1 aromatic carbocycles. The number of amides is 3. The lowest BCUT2D eigenvalue weighted by Gasteiger charge is -2.15. The molecule has 3 N–H and O–H groups in total. The minimum Gasteiger partial charge on any atom is -0.467 e. The van der Waals surface area contributed by atoms with Crippen LogP contribution in [0.5, 0.6) is 0 Å². The molecule has 0 fully saturated rings. The average molecular weight is 336 g/mol. The molecule has 0 aliphatic carbocycles. The van der Waals surface area contributed by atoms with Crippen LogP contribution in [0.1, 0.15) is 24.3 Å². The van der Waals surface area contributed by atoms with Crippen molar-refractivity contribution in [2.45, 2.75) is 19.5 Å². The van der Waals surface area contributed by atoms with Crippen molar-refractivity contribution in [3.8, 4) is 0 Å². The summed E-state index contributed by atoms with van der Waals surface area (Å²) in [6.07, 6.45) is 1.53. The Labute approximate surface area is 139 Å². The smallest absolute Gasteiger partial charge is 0.315 e. The Morgan fingerprint density at radius 3 is 2.74 bits per heavy atom. The predicted molar refractivity (Wildman–Crippen MR) is 87.0 cm³/mol. The van der Waals surface area contributed by atoms with Gasteiger partial charge < -0.3 is 20.4 Å². The summed E-state index contributed by atoms with van der Waals surface area (Å²) in [5, 5.41) is 8.49. The fourth-order valence-electron chi connectivity index (χ4n) is 1.93. The number of hydrogen-bond donors (Lipinski definition) is 3. The summed E-state index contributed by atoms with van der Waals surface area (Å²) in [4.78, 5) is 23.4. The molecular formula is C16H18ClN3O3. The van der Waals surface area contributed by atoms with E-state index in [1.807, 2.05) is 19.1 Å². The van der Waals surface area contributed by atoms with Crippen LogP contribution < -0.4 is 16.0 Å². The van der Waals surface area contributed by atoms with Crippen LogP contribution in [-0.4, -0.2) is 18.5 Å². The molecule has 6 nitrogen and oxygen atoms in total. The molecule has 3 amide bonds. The number of carbonyl (C=O) groups excluding carboxylic acids is 2. The van der Waals surface area contributed by atoms with E-state index in [-0.39, 0.29) is 25.0 Å². The van der Waals surface area contributed by atoms with Crippen molar-refractivity contribution in [2.75, 3.05) is 6.54 Å². The lowest BCUT2D eigenvalue weighted by Crippen LogP contribution is -2.42. The van der Waals surface area contributed by atoms with E-state index in [2.05, 4.69) is 16.0 Å². The number of benzene rings is 1. The molecular weight excluding hydrogens is 318 g/mol. The van der Waals surface area contributed by atoms with Crippen LogP contribution in [0.4, 0.5) is 4.79 Å². The molecule has 0 bridgehead atoms. The van der Waals surface area contributed by atoms with E-state index in [4.69, 9.17) is 16.0 Å². The first-order valence-corrected chi connectivity index (χ1v) is 7.51. The molecule has 1 atom stereocenters.